The Morgan fingerprint density at radius 3 is 2.81 bits per heavy atom. The second kappa shape index (κ2) is 7.59. The minimum Gasteiger partial charge on any atom is -0.460 e. The lowest BCUT2D eigenvalue weighted by Gasteiger charge is -2.03. The van der Waals surface area contributed by atoms with Crippen molar-refractivity contribution in [3.05, 3.63) is 35.1 Å². The van der Waals surface area contributed by atoms with Gasteiger partial charge in [-0.2, -0.15) is 5.26 Å². The number of nitrogens with two attached hydrogens (primary N) is 1. The molecule has 1 aromatic carbocycles. The predicted octanol–water partition coefficient (Wildman–Crippen LogP) is 0.191. The van der Waals surface area contributed by atoms with Gasteiger partial charge in [0.25, 0.3) is 0 Å². The van der Waals surface area contributed by atoms with Crippen LogP contribution in [0.2, 0.25) is 0 Å². The van der Waals surface area contributed by atoms with Gasteiger partial charge in [-0.3, -0.25) is 4.79 Å². The molecule has 0 saturated carbocycles. The van der Waals surface area contributed by atoms with Crippen molar-refractivity contribution < 1.29 is 18.7 Å². The first-order chi connectivity index (χ1) is 9.96. The molecule has 7 nitrogen and oxygen atoms in total. The van der Waals surface area contributed by atoms with Gasteiger partial charge >= 0.3 is 5.97 Å². The van der Waals surface area contributed by atoms with E-state index in [2.05, 4.69) is 9.84 Å². The summed E-state index contributed by atoms with van der Waals surface area (Å²) in [5, 5.41) is 12.1. The first-order valence-electron chi connectivity index (χ1n) is 5.95. The molecule has 0 fully saturated rings. The quantitative estimate of drug-likeness (QED) is 0.355. The van der Waals surface area contributed by atoms with Gasteiger partial charge in [-0.1, -0.05) is 0 Å². The number of ether oxygens (including phenoxy) is 1. The van der Waals surface area contributed by atoms with E-state index in [9.17, 15) is 14.0 Å². The zero-order valence-corrected chi connectivity index (χ0v) is 11.2. The molecule has 0 atom stereocenters. The van der Waals surface area contributed by atoms with Crippen LogP contribution in [0.15, 0.2) is 23.3 Å². The van der Waals surface area contributed by atoms with Crippen molar-refractivity contribution in [2.75, 3.05) is 6.61 Å². The average molecular weight is 292 g/mol. The number of amides is 1. The highest BCUT2D eigenvalue weighted by Crippen LogP contribution is 2.09. The van der Waals surface area contributed by atoms with E-state index < -0.39 is 23.5 Å². The fraction of sp³-hybridized carbons (Fsp3) is 0.231. The normalized spacial score (nSPS) is 10.6. The monoisotopic (exact) mass is 292 g/mol. The number of rotatable bonds is 4. The number of hydrazone groups is 1. The Labute approximate surface area is 120 Å². The van der Waals surface area contributed by atoms with Crippen LogP contribution in [0.4, 0.5) is 4.39 Å². The highest BCUT2D eigenvalue weighted by Gasteiger charge is 2.10. The summed E-state index contributed by atoms with van der Waals surface area (Å²) in [5.74, 6) is -2.58. The molecule has 0 aliphatic rings. The van der Waals surface area contributed by atoms with Crippen LogP contribution >= 0.6 is 0 Å². The number of halogens is 1. The summed E-state index contributed by atoms with van der Waals surface area (Å²) in [6.07, 6.45) is -0.216. The van der Waals surface area contributed by atoms with Gasteiger partial charge in [0.15, 0.2) is 0 Å². The third kappa shape index (κ3) is 5.28. The summed E-state index contributed by atoms with van der Waals surface area (Å²) in [6.45, 7) is 1.73. The van der Waals surface area contributed by atoms with Crippen molar-refractivity contribution in [3.63, 3.8) is 0 Å². The maximum absolute atomic E-state index is 13.2. The van der Waals surface area contributed by atoms with Crippen molar-refractivity contribution in [1.82, 2.24) is 5.43 Å². The third-order valence-corrected chi connectivity index (χ3v) is 2.24. The first-order valence-corrected chi connectivity index (χ1v) is 5.95. The molecule has 1 amide bonds. The van der Waals surface area contributed by atoms with E-state index in [1.807, 2.05) is 5.43 Å². The number of esters is 1. The minimum atomic E-state index is -0.852. The van der Waals surface area contributed by atoms with Crippen LogP contribution in [0.3, 0.4) is 0 Å². The van der Waals surface area contributed by atoms with Crippen molar-refractivity contribution >= 4 is 17.7 Å². The molecule has 1 aromatic rings. The average Bonchev–Trinajstić information content (AvgIpc) is 2.44. The number of hydrogen-bond donors (Lipinski definition) is 2. The highest BCUT2D eigenvalue weighted by atomic mass is 19.1. The van der Waals surface area contributed by atoms with Gasteiger partial charge in [-0.15, -0.1) is 5.10 Å². The van der Waals surface area contributed by atoms with Crippen molar-refractivity contribution in [3.8, 4) is 6.07 Å². The van der Waals surface area contributed by atoms with E-state index in [-0.39, 0.29) is 18.6 Å². The summed E-state index contributed by atoms with van der Waals surface area (Å²) < 4.78 is 17.7. The molecule has 0 aromatic heterocycles. The SMILES string of the molecule is CCOC(=O)C(N)=NNC(=O)Cc1cc(F)cc(C#N)c1. The van der Waals surface area contributed by atoms with Gasteiger partial charge in [0, 0.05) is 0 Å². The molecule has 0 unspecified atom stereocenters. The predicted molar refractivity (Wildman–Crippen MR) is 71.2 cm³/mol. The summed E-state index contributed by atoms with van der Waals surface area (Å²) in [6, 6.07) is 5.33. The Hall–Kier alpha value is -2.95. The van der Waals surface area contributed by atoms with E-state index in [0.717, 1.165) is 12.1 Å². The van der Waals surface area contributed by atoms with Crippen molar-refractivity contribution in [2.45, 2.75) is 13.3 Å². The molecule has 3 N–H and O–H groups in total. The molecule has 0 spiro atoms. The second-order valence-corrected chi connectivity index (χ2v) is 3.89. The van der Waals surface area contributed by atoms with Gasteiger partial charge in [-0.25, -0.2) is 14.6 Å². The molecular weight excluding hydrogens is 279 g/mol. The standard InChI is InChI=1S/C13H13FN4O3/c1-2-21-13(20)12(16)18-17-11(19)6-8-3-9(7-15)5-10(14)4-8/h3-5H,2,6H2,1H3,(H2,16,18)(H,17,19). The Balaban J connectivity index is 2.66. The summed E-state index contributed by atoms with van der Waals surface area (Å²) >= 11 is 0. The molecule has 0 bridgehead atoms. The highest BCUT2D eigenvalue weighted by molar-refractivity contribution is 6.34. The van der Waals surface area contributed by atoms with Crippen LogP contribution in [-0.2, 0) is 20.7 Å². The molecule has 8 heteroatoms. The maximum atomic E-state index is 13.2. The topological polar surface area (TPSA) is 118 Å². The van der Waals surface area contributed by atoms with E-state index in [0.29, 0.717) is 5.56 Å². The number of carbonyl (C=O) groups excluding carboxylic acids is 2. The number of nitriles is 1. The number of amidine groups is 1. The number of benzene rings is 1. The van der Waals surface area contributed by atoms with Crippen LogP contribution in [0.25, 0.3) is 0 Å². The van der Waals surface area contributed by atoms with E-state index >= 15 is 0 Å². The lowest BCUT2D eigenvalue weighted by atomic mass is 10.1. The Kier molecular flexibility index (Phi) is 5.82. The maximum Gasteiger partial charge on any atom is 0.375 e. The van der Waals surface area contributed by atoms with E-state index in [1.54, 1.807) is 13.0 Å². The molecule has 0 aliphatic heterocycles. The van der Waals surface area contributed by atoms with Gasteiger partial charge in [0.05, 0.1) is 24.7 Å². The van der Waals surface area contributed by atoms with Crippen LogP contribution in [0.5, 0.6) is 0 Å². The van der Waals surface area contributed by atoms with Gasteiger partial charge in [0.1, 0.15) is 5.82 Å². The van der Waals surface area contributed by atoms with Gasteiger partial charge in [0.2, 0.25) is 11.7 Å². The summed E-state index contributed by atoms with van der Waals surface area (Å²) in [7, 11) is 0. The smallest absolute Gasteiger partial charge is 0.375 e. The number of nitrogens with one attached hydrogen (secondary N) is 1. The molecule has 110 valence electrons. The Bertz CT molecular complexity index is 622. The molecular formula is C13H13FN4O3. The Morgan fingerprint density at radius 2 is 2.19 bits per heavy atom. The lowest BCUT2D eigenvalue weighted by Crippen LogP contribution is -2.31. The van der Waals surface area contributed by atoms with E-state index in [4.69, 9.17) is 11.0 Å². The fourth-order valence-corrected chi connectivity index (χ4v) is 1.42. The first kappa shape index (κ1) is 16.1. The number of carbonyl (C=O) groups is 2. The van der Waals surface area contributed by atoms with Crippen LogP contribution in [0.1, 0.15) is 18.1 Å². The van der Waals surface area contributed by atoms with Crippen LogP contribution in [-0.4, -0.2) is 24.3 Å². The molecule has 0 radical (unpaired) electrons. The molecule has 0 aliphatic carbocycles. The zero-order chi connectivity index (χ0) is 15.8. The Morgan fingerprint density at radius 1 is 1.48 bits per heavy atom. The van der Waals surface area contributed by atoms with Crippen LogP contribution < -0.4 is 11.2 Å². The van der Waals surface area contributed by atoms with E-state index in [1.165, 1.54) is 6.07 Å². The molecule has 1 rings (SSSR count). The molecule has 21 heavy (non-hydrogen) atoms. The van der Waals surface area contributed by atoms with Gasteiger partial charge in [-0.05, 0) is 30.7 Å². The second-order valence-electron chi connectivity index (χ2n) is 3.89. The lowest BCUT2D eigenvalue weighted by molar-refractivity contribution is -0.135. The fourth-order valence-electron chi connectivity index (χ4n) is 1.42. The number of hydrogen-bond acceptors (Lipinski definition) is 5. The zero-order valence-electron chi connectivity index (χ0n) is 11.2. The minimum absolute atomic E-state index is 0.104. The number of nitrogens with zero attached hydrogens (tertiary/aromatic N) is 2. The summed E-state index contributed by atoms with van der Waals surface area (Å²) in [4.78, 5) is 22.7. The van der Waals surface area contributed by atoms with Crippen LogP contribution in [0, 0.1) is 17.1 Å². The molecule has 0 heterocycles. The van der Waals surface area contributed by atoms with Crippen molar-refractivity contribution in [2.24, 2.45) is 10.8 Å². The van der Waals surface area contributed by atoms with Crippen molar-refractivity contribution in [1.29, 1.82) is 5.26 Å². The van der Waals surface area contributed by atoms with Gasteiger partial charge < -0.3 is 10.5 Å². The largest absolute Gasteiger partial charge is 0.460 e. The summed E-state index contributed by atoms with van der Waals surface area (Å²) in [5.41, 5.74) is 7.72. The molecule has 0 saturated heterocycles. The third-order valence-electron chi connectivity index (χ3n) is 2.24.